The number of benzene rings is 1. The molecule has 26 heavy (non-hydrogen) atoms. The summed E-state index contributed by atoms with van der Waals surface area (Å²) in [4.78, 5) is 17.0. The number of nitrogens with zero attached hydrogens (tertiary/aromatic N) is 3. The zero-order chi connectivity index (χ0) is 18.5. The van der Waals surface area contributed by atoms with Gasteiger partial charge < -0.3 is 5.32 Å². The van der Waals surface area contributed by atoms with E-state index in [-0.39, 0.29) is 11.9 Å². The minimum Gasteiger partial charge on any atom is -0.349 e. The van der Waals surface area contributed by atoms with Gasteiger partial charge in [0.15, 0.2) is 5.65 Å². The average Bonchev–Trinajstić information content (AvgIpc) is 3.34. The molecule has 1 aliphatic carbocycles. The van der Waals surface area contributed by atoms with Crippen molar-refractivity contribution >= 4 is 16.9 Å². The molecule has 1 amide bonds. The van der Waals surface area contributed by atoms with Gasteiger partial charge in [-0.25, -0.2) is 4.98 Å². The number of carbonyl (C=O) groups is 1. The molecule has 3 aromatic rings. The first kappa shape index (κ1) is 16.6. The summed E-state index contributed by atoms with van der Waals surface area (Å²) in [5.41, 5.74) is 0.644. The van der Waals surface area contributed by atoms with E-state index >= 15 is 0 Å². The summed E-state index contributed by atoms with van der Waals surface area (Å²) in [6, 6.07) is 6.61. The first-order valence-electron chi connectivity index (χ1n) is 8.14. The smallest absolute Gasteiger partial charge is 0.349 e. The quantitative estimate of drug-likeness (QED) is 0.777. The molecular weight excluding hydrogens is 345 g/mol. The van der Waals surface area contributed by atoms with Gasteiger partial charge >= 0.3 is 6.18 Å². The van der Waals surface area contributed by atoms with Crippen molar-refractivity contribution in [2.45, 2.75) is 25.1 Å². The number of amides is 1. The third-order valence-corrected chi connectivity index (χ3v) is 4.35. The van der Waals surface area contributed by atoms with Gasteiger partial charge in [-0.05, 0) is 31.0 Å². The molecule has 0 spiro atoms. The molecule has 0 radical (unpaired) electrons. The monoisotopic (exact) mass is 360 g/mol. The van der Waals surface area contributed by atoms with Crippen molar-refractivity contribution in [1.29, 1.82) is 0 Å². The van der Waals surface area contributed by atoms with Crippen molar-refractivity contribution in [1.82, 2.24) is 20.1 Å². The van der Waals surface area contributed by atoms with E-state index in [0.717, 1.165) is 25.0 Å². The Labute approximate surface area is 146 Å². The molecule has 8 heteroatoms. The molecule has 0 unspecified atom stereocenters. The second-order valence-corrected chi connectivity index (χ2v) is 6.39. The molecule has 2 aromatic heterocycles. The van der Waals surface area contributed by atoms with Crippen molar-refractivity contribution in [2.75, 3.05) is 0 Å². The topological polar surface area (TPSA) is 59.8 Å². The lowest BCUT2D eigenvalue weighted by molar-refractivity contribution is -0.137. The van der Waals surface area contributed by atoms with Crippen molar-refractivity contribution in [2.24, 2.45) is 7.05 Å². The maximum Gasteiger partial charge on any atom is 0.416 e. The average molecular weight is 360 g/mol. The Kier molecular flexibility index (Phi) is 3.71. The first-order valence-corrected chi connectivity index (χ1v) is 8.14. The number of aromatic nitrogens is 3. The van der Waals surface area contributed by atoms with Gasteiger partial charge in [-0.15, -0.1) is 0 Å². The fourth-order valence-electron chi connectivity index (χ4n) is 2.80. The molecule has 134 valence electrons. The second kappa shape index (κ2) is 5.82. The summed E-state index contributed by atoms with van der Waals surface area (Å²) >= 11 is 0. The number of aryl methyl sites for hydroxylation is 1. The van der Waals surface area contributed by atoms with Crippen LogP contribution in [0.2, 0.25) is 0 Å². The predicted octanol–water partition coefficient (Wildman–Crippen LogP) is 3.55. The zero-order valence-electron chi connectivity index (χ0n) is 13.8. The van der Waals surface area contributed by atoms with E-state index in [4.69, 9.17) is 0 Å². The number of rotatable bonds is 3. The van der Waals surface area contributed by atoms with Crippen LogP contribution in [0.4, 0.5) is 13.2 Å². The van der Waals surface area contributed by atoms with Crippen LogP contribution in [-0.2, 0) is 13.2 Å². The molecule has 0 atom stereocenters. The van der Waals surface area contributed by atoms with Gasteiger partial charge in [0.25, 0.3) is 5.91 Å². The molecule has 5 nitrogen and oxygen atoms in total. The van der Waals surface area contributed by atoms with Gasteiger partial charge in [0.2, 0.25) is 0 Å². The van der Waals surface area contributed by atoms with Gasteiger partial charge in [0, 0.05) is 18.7 Å². The molecule has 2 heterocycles. The number of carbonyl (C=O) groups excluding carboxylic acids is 1. The zero-order valence-corrected chi connectivity index (χ0v) is 13.8. The van der Waals surface area contributed by atoms with Crippen LogP contribution in [0.25, 0.3) is 22.3 Å². The minimum atomic E-state index is -4.45. The van der Waals surface area contributed by atoms with Crippen molar-refractivity contribution < 1.29 is 18.0 Å². The van der Waals surface area contributed by atoms with Crippen LogP contribution in [-0.4, -0.2) is 26.7 Å². The van der Waals surface area contributed by atoms with Crippen LogP contribution < -0.4 is 5.32 Å². The van der Waals surface area contributed by atoms with Gasteiger partial charge in [0.05, 0.1) is 28.4 Å². The maximum atomic E-state index is 13.0. The normalized spacial score (nSPS) is 14.6. The fraction of sp³-hybridized carbons (Fsp3) is 0.278. The number of halogens is 3. The third-order valence-electron chi connectivity index (χ3n) is 4.35. The molecule has 0 bridgehead atoms. The number of fused-ring (bicyclic) bond motifs is 1. The predicted molar refractivity (Wildman–Crippen MR) is 89.4 cm³/mol. The van der Waals surface area contributed by atoms with E-state index in [2.05, 4.69) is 15.4 Å². The highest BCUT2D eigenvalue weighted by Crippen LogP contribution is 2.33. The summed E-state index contributed by atoms with van der Waals surface area (Å²) in [5.74, 6) is -0.263. The molecule has 4 rings (SSSR count). The lowest BCUT2D eigenvalue weighted by Crippen LogP contribution is -2.25. The Bertz CT molecular complexity index is 1010. The second-order valence-electron chi connectivity index (χ2n) is 6.39. The van der Waals surface area contributed by atoms with Gasteiger partial charge in [-0.3, -0.25) is 9.48 Å². The van der Waals surface area contributed by atoms with Crippen molar-refractivity contribution in [3.63, 3.8) is 0 Å². The van der Waals surface area contributed by atoms with Gasteiger partial charge in [-0.2, -0.15) is 18.3 Å². The largest absolute Gasteiger partial charge is 0.416 e. The highest BCUT2D eigenvalue weighted by atomic mass is 19.4. The molecule has 0 saturated heterocycles. The first-order chi connectivity index (χ1) is 12.3. The Morgan fingerprint density at radius 2 is 2.04 bits per heavy atom. The molecule has 1 fully saturated rings. The molecule has 0 aliphatic heterocycles. The van der Waals surface area contributed by atoms with Crippen LogP contribution >= 0.6 is 0 Å². The van der Waals surface area contributed by atoms with Crippen LogP contribution in [0.3, 0.4) is 0 Å². The maximum absolute atomic E-state index is 13.0. The summed E-state index contributed by atoms with van der Waals surface area (Å²) in [6.45, 7) is 0. The third kappa shape index (κ3) is 3.02. The van der Waals surface area contributed by atoms with E-state index in [0.29, 0.717) is 27.9 Å². The van der Waals surface area contributed by atoms with E-state index in [1.807, 2.05) is 0 Å². The Balaban J connectivity index is 1.85. The van der Waals surface area contributed by atoms with E-state index in [9.17, 15) is 18.0 Å². The molecule has 1 N–H and O–H groups in total. The van der Waals surface area contributed by atoms with Gasteiger partial charge in [-0.1, -0.05) is 12.1 Å². The minimum absolute atomic E-state index is 0.166. The summed E-state index contributed by atoms with van der Waals surface area (Å²) in [5, 5.41) is 7.59. The number of hydrogen-bond acceptors (Lipinski definition) is 3. The molecule has 1 aromatic carbocycles. The summed E-state index contributed by atoms with van der Waals surface area (Å²) < 4.78 is 40.5. The Hall–Kier alpha value is -2.90. The van der Waals surface area contributed by atoms with Crippen molar-refractivity contribution in [3.8, 4) is 11.3 Å². The lowest BCUT2D eigenvalue weighted by atomic mass is 10.0. The van der Waals surface area contributed by atoms with Crippen LogP contribution in [0.1, 0.15) is 28.8 Å². The fourth-order valence-corrected chi connectivity index (χ4v) is 2.80. The van der Waals surface area contributed by atoms with E-state index < -0.39 is 11.7 Å². The number of pyridine rings is 1. The van der Waals surface area contributed by atoms with E-state index in [1.54, 1.807) is 19.3 Å². The van der Waals surface area contributed by atoms with Crippen LogP contribution in [0.5, 0.6) is 0 Å². The Morgan fingerprint density at radius 3 is 2.73 bits per heavy atom. The SMILES string of the molecule is Cn1ncc2c(C(=O)NC3CC3)cc(-c3cccc(C(F)(F)F)c3)nc21. The highest BCUT2D eigenvalue weighted by molar-refractivity contribution is 6.06. The molecule has 1 aliphatic rings. The Morgan fingerprint density at radius 1 is 1.27 bits per heavy atom. The standard InChI is InChI=1S/C18H15F3N4O/c1-25-16-14(9-22-25)13(17(26)23-12-5-6-12)8-15(24-16)10-3-2-4-11(7-10)18(19,20)21/h2-4,7-9,12H,5-6H2,1H3,(H,23,26). The van der Waals surface area contributed by atoms with Crippen LogP contribution in [0.15, 0.2) is 36.5 Å². The summed E-state index contributed by atoms with van der Waals surface area (Å²) in [6.07, 6.45) is -1.03. The van der Waals surface area contributed by atoms with Crippen molar-refractivity contribution in [3.05, 3.63) is 47.7 Å². The number of nitrogens with one attached hydrogen (secondary N) is 1. The number of hydrogen-bond donors (Lipinski definition) is 1. The number of alkyl halides is 3. The van der Waals surface area contributed by atoms with E-state index in [1.165, 1.54) is 16.8 Å². The molecule has 1 saturated carbocycles. The van der Waals surface area contributed by atoms with Gasteiger partial charge in [0.1, 0.15) is 0 Å². The summed E-state index contributed by atoms with van der Waals surface area (Å²) in [7, 11) is 1.67. The highest BCUT2D eigenvalue weighted by Gasteiger charge is 2.31. The molecular formula is C18H15F3N4O. The van der Waals surface area contributed by atoms with Crippen LogP contribution in [0, 0.1) is 0 Å². The lowest BCUT2D eigenvalue weighted by Gasteiger charge is -2.11.